The van der Waals surface area contributed by atoms with Gasteiger partial charge in [-0.2, -0.15) is 11.8 Å². The second-order valence-electron chi connectivity index (χ2n) is 4.98. The molecule has 4 nitrogen and oxygen atoms in total. The van der Waals surface area contributed by atoms with Gasteiger partial charge in [-0.1, -0.05) is 6.42 Å². The zero-order chi connectivity index (χ0) is 14.5. The number of anilines is 2. The highest BCUT2D eigenvalue weighted by atomic mass is 32.2. The van der Waals surface area contributed by atoms with Crippen molar-refractivity contribution in [1.82, 2.24) is 0 Å². The van der Waals surface area contributed by atoms with E-state index in [0.29, 0.717) is 29.1 Å². The Morgan fingerprint density at radius 3 is 3.00 bits per heavy atom. The van der Waals surface area contributed by atoms with Gasteiger partial charge in [0.1, 0.15) is 0 Å². The topological polar surface area (TPSA) is 64.3 Å². The van der Waals surface area contributed by atoms with Crippen LogP contribution in [0.25, 0.3) is 0 Å². The summed E-state index contributed by atoms with van der Waals surface area (Å²) in [5, 5.41) is 4.11. The predicted molar refractivity (Wildman–Crippen MR) is 85.4 cm³/mol. The van der Waals surface area contributed by atoms with E-state index in [0.717, 1.165) is 12.1 Å². The van der Waals surface area contributed by atoms with E-state index in [4.69, 9.17) is 10.5 Å². The van der Waals surface area contributed by atoms with Crippen molar-refractivity contribution in [1.29, 1.82) is 0 Å². The van der Waals surface area contributed by atoms with E-state index in [2.05, 4.69) is 11.6 Å². The van der Waals surface area contributed by atoms with Gasteiger partial charge in [-0.15, -0.1) is 0 Å². The number of benzene rings is 1. The van der Waals surface area contributed by atoms with E-state index in [-0.39, 0.29) is 5.97 Å². The standard InChI is InChI=1S/C15H22N2O2S/c1-3-19-15(18)10-7-8-11(16)13(9-10)17-12-5-4-6-14(12)20-2/h7-9,12,14,17H,3-6,16H2,1-2H3. The maximum absolute atomic E-state index is 11.8. The number of nitrogen functional groups attached to an aromatic ring is 1. The molecule has 1 fully saturated rings. The molecule has 0 spiro atoms. The Labute approximate surface area is 124 Å². The van der Waals surface area contributed by atoms with Gasteiger partial charge in [0, 0.05) is 11.3 Å². The molecule has 0 saturated heterocycles. The van der Waals surface area contributed by atoms with Crippen LogP contribution in [0.2, 0.25) is 0 Å². The first-order valence-corrected chi connectivity index (χ1v) is 8.30. The summed E-state index contributed by atoms with van der Waals surface area (Å²) >= 11 is 1.89. The second kappa shape index (κ2) is 6.88. The fourth-order valence-corrected chi connectivity index (χ4v) is 3.53. The van der Waals surface area contributed by atoms with Gasteiger partial charge in [0.15, 0.2) is 0 Å². The lowest BCUT2D eigenvalue weighted by Gasteiger charge is -2.21. The third-order valence-electron chi connectivity index (χ3n) is 3.66. The highest BCUT2D eigenvalue weighted by Crippen LogP contribution is 2.32. The SMILES string of the molecule is CCOC(=O)c1ccc(N)c(NC2CCCC2SC)c1. The van der Waals surface area contributed by atoms with E-state index in [1.165, 1.54) is 12.8 Å². The lowest BCUT2D eigenvalue weighted by molar-refractivity contribution is 0.0526. The van der Waals surface area contributed by atoms with Crippen LogP contribution in [0.1, 0.15) is 36.5 Å². The van der Waals surface area contributed by atoms with Crippen LogP contribution in [0, 0.1) is 0 Å². The molecule has 1 aromatic carbocycles. The molecule has 0 bridgehead atoms. The van der Waals surface area contributed by atoms with Crippen molar-refractivity contribution in [3.63, 3.8) is 0 Å². The molecule has 2 rings (SSSR count). The van der Waals surface area contributed by atoms with Crippen molar-refractivity contribution in [2.24, 2.45) is 0 Å². The molecular formula is C15H22N2O2S. The molecule has 0 aliphatic heterocycles. The van der Waals surface area contributed by atoms with E-state index in [1.807, 2.05) is 11.8 Å². The number of thioether (sulfide) groups is 1. The summed E-state index contributed by atoms with van der Waals surface area (Å²) in [6, 6.07) is 5.68. The van der Waals surface area contributed by atoms with Crippen LogP contribution >= 0.6 is 11.8 Å². The van der Waals surface area contributed by atoms with Crippen molar-refractivity contribution in [2.45, 2.75) is 37.5 Å². The molecule has 20 heavy (non-hydrogen) atoms. The average molecular weight is 294 g/mol. The van der Waals surface area contributed by atoms with Crippen LogP contribution in [-0.2, 0) is 4.74 Å². The summed E-state index contributed by atoms with van der Waals surface area (Å²) in [6.45, 7) is 2.18. The highest BCUT2D eigenvalue weighted by Gasteiger charge is 2.26. The maximum atomic E-state index is 11.8. The average Bonchev–Trinajstić information content (AvgIpc) is 2.88. The molecule has 2 unspecified atom stereocenters. The van der Waals surface area contributed by atoms with Crippen LogP contribution in [-0.4, -0.2) is 30.1 Å². The first kappa shape index (κ1) is 15.0. The second-order valence-corrected chi connectivity index (χ2v) is 6.06. The number of carbonyl (C=O) groups is 1. The first-order chi connectivity index (χ1) is 9.65. The van der Waals surface area contributed by atoms with Crippen molar-refractivity contribution in [2.75, 3.05) is 23.9 Å². The zero-order valence-corrected chi connectivity index (χ0v) is 12.8. The predicted octanol–water partition coefficient (Wildman–Crippen LogP) is 3.14. The van der Waals surface area contributed by atoms with Gasteiger partial charge in [-0.3, -0.25) is 0 Å². The van der Waals surface area contributed by atoms with E-state index < -0.39 is 0 Å². The number of rotatable bonds is 5. The third-order valence-corrected chi connectivity index (χ3v) is 4.83. The normalized spacial score (nSPS) is 21.7. The lowest BCUT2D eigenvalue weighted by atomic mass is 10.1. The van der Waals surface area contributed by atoms with E-state index in [9.17, 15) is 4.79 Å². The quantitative estimate of drug-likeness (QED) is 0.645. The monoisotopic (exact) mass is 294 g/mol. The van der Waals surface area contributed by atoms with E-state index >= 15 is 0 Å². The summed E-state index contributed by atoms with van der Waals surface area (Å²) < 4.78 is 5.02. The first-order valence-electron chi connectivity index (χ1n) is 7.01. The van der Waals surface area contributed by atoms with Gasteiger partial charge in [0.2, 0.25) is 0 Å². The number of nitrogens with one attached hydrogen (secondary N) is 1. The highest BCUT2D eigenvalue weighted by molar-refractivity contribution is 7.99. The largest absolute Gasteiger partial charge is 0.462 e. The van der Waals surface area contributed by atoms with Crippen LogP contribution < -0.4 is 11.1 Å². The number of ether oxygens (including phenoxy) is 1. The minimum absolute atomic E-state index is 0.302. The zero-order valence-electron chi connectivity index (χ0n) is 12.0. The Kier molecular flexibility index (Phi) is 5.17. The Hall–Kier alpha value is -1.36. The van der Waals surface area contributed by atoms with Gasteiger partial charge >= 0.3 is 5.97 Å². The molecule has 0 radical (unpaired) electrons. The molecule has 0 aromatic heterocycles. The Balaban J connectivity index is 2.14. The molecule has 110 valence electrons. The lowest BCUT2D eigenvalue weighted by Crippen LogP contribution is -2.26. The fraction of sp³-hybridized carbons (Fsp3) is 0.533. The van der Waals surface area contributed by atoms with Gasteiger partial charge in [0.25, 0.3) is 0 Å². The van der Waals surface area contributed by atoms with Crippen LogP contribution in [0.15, 0.2) is 18.2 Å². The van der Waals surface area contributed by atoms with Crippen molar-refractivity contribution in [3.8, 4) is 0 Å². The number of carbonyl (C=O) groups excluding carboxylic acids is 1. The van der Waals surface area contributed by atoms with E-state index in [1.54, 1.807) is 25.1 Å². The number of esters is 1. The minimum Gasteiger partial charge on any atom is -0.462 e. The molecule has 2 atom stereocenters. The van der Waals surface area contributed by atoms with Crippen LogP contribution in [0.3, 0.4) is 0 Å². The van der Waals surface area contributed by atoms with Gasteiger partial charge in [-0.05, 0) is 44.2 Å². The van der Waals surface area contributed by atoms with Gasteiger partial charge in [0.05, 0.1) is 23.5 Å². The van der Waals surface area contributed by atoms with Crippen molar-refractivity contribution in [3.05, 3.63) is 23.8 Å². The summed E-state index contributed by atoms with van der Waals surface area (Å²) in [5.41, 5.74) is 8.06. The molecule has 0 heterocycles. The van der Waals surface area contributed by atoms with Gasteiger partial charge < -0.3 is 15.8 Å². The molecule has 5 heteroatoms. The summed E-state index contributed by atoms with van der Waals surface area (Å²) in [4.78, 5) is 11.8. The smallest absolute Gasteiger partial charge is 0.338 e. The number of nitrogens with two attached hydrogens (primary N) is 1. The minimum atomic E-state index is -0.302. The Morgan fingerprint density at radius 2 is 2.30 bits per heavy atom. The summed E-state index contributed by atoms with van der Waals surface area (Å²) in [6.07, 6.45) is 5.76. The van der Waals surface area contributed by atoms with Crippen molar-refractivity contribution >= 4 is 29.1 Å². The molecule has 1 saturated carbocycles. The van der Waals surface area contributed by atoms with Crippen molar-refractivity contribution < 1.29 is 9.53 Å². The third kappa shape index (κ3) is 3.39. The molecule has 1 aromatic rings. The maximum Gasteiger partial charge on any atom is 0.338 e. The summed E-state index contributed by atoms with van der Waals surface area (Å²) in [5.74, 6) is -0.302. The molecular weight excluding hydrogens is 272 g/mol. The molecule has 1 aliphatic rings. The Bertz CT molecular complexity index is 479. The van der Waals surface area contributed by atoms with Crippen LogP contribution in [0.4, 0.5) is 11.4 Å². The molecule has 3 N–H and O–H groups in total. The molecule has 1 aliphatic carbocycles. The van der Waals surface area contributed by atoms with Crippen LogP contribution in [0.5, 0.6) is 0 Å². The number of hydrogen-bond donors (Lipinski definition) is 2. The summed E-state index contributed by atoms with van der Waals surface area (Å²) in [7, 11) is 0. The fourth-order valence-electron chi connectivity index (χ4n) is 2.60. The number of hydrogen-bond acceptors (Lipinski definition) is 5. The molecule has 0 amide bonds. The Morgan fingerprint density at radius 1 is 1.50 bits per heavy atom. The van der Waals surface area contributed by atoms with Gasteiger partial charge in [-0.25, -0.2) is 4.79 Å².